The van der Waals surface area contributed by atoms with E-state index in [4.69, 9.17) is 9.47 Å². The van der Waals surface area contributed by atoms with E-state index in [9.17, 15) is 4.79 Å². The van der Waals surface area contributed by atoms with Gasteiger partial charge in [-0.05, 0) is 42.5 Å². The van der Waals surface area contributed by atoms with Crippen LogP contribution in [0.1, 0.15) is 19.4 Å². The van der Waals surface area contributed by atoms with Crippen LogP contribution in [0.15, 0.2) is 35.3 Å². The van der Waals surface area contributed by atoms with Crippen molar-refractivity contribution >= 4 is 0 Å². The first-order valence-corrected chi connectivity index (χ1v) is 7.41. The molecule has 2 aromatic heterocycles. The molecule has 3 aromatic rings. The van der Waals surface area contributed by atoms with Gasteiger partial charge in [-0.15, -0.1) is 0 Å². The molecule has 0 amide bonds. The third kappa shape index (κ3) is 4.35. The molecule has 0 aliphatic carbocycles. The van der Waals surface area contributed by atoms with Crippen LogP contribution in [0, 0.1) is 0 Å². The zero-order valence-electron chi connectivity index (χ0n) is 14.2. The molecule has 1 aromatic carbocycles. The van der Waals surface area contributed by atoms with Gasteiger partial charge in [0, 0.05) is 39.8 Å². The quantitative estimate of drug-likeness (QED) is 0.581. The second-order valence-electron chi connectivity index (χ2n) is 5.38. The molecule has 129 valence electrons. The fourth-order valence-corrected chi connectivity index (χ4v) is 2.17. The van der Waals surface area contributed by atoms with Gasteiger partial charge in [-0.3, -0.25) is 0 Å². The summed E-state index contributed by atoms with van der Waals surface area (Å²) in [4.78, 5) is 12.2. The van der Waals surface area contributed by atoms with E-state index in [0.29, 0.717) is 22.9 Å². The maximum Gasteiger partial charge on any atom is 0.368 e. The number of ether oxygens (including phenoxy) is 2. The van der Waals surface area contributed by atoms with Crippen molar-refractivity contribution in [1.82, 2.24) is 30.0 Å². The number of hydrogen-bond acceptors (Lipinski definition) is 6. The molecular formula is C15H17N6O3Y-. The fraction of sp³-hybridized carbons (Fsp3) is 0.333. The number of benzene rings is 1. The van der Waals surface area contributed by atoms with Crippen LogP contribution in [0.25, 0.3) is 5.69 Å². The second kappa shape index (κ2) is 8.40. The molecule has 3 rings (SSSR count). The molecule has 0 bridgehead atoms. The number of rotatable bonds is 6. The van der Waals surface area contributed by atoms with Crippen LogP contribution in [-0.4, -0.2) is 31.0 Å². The van der Waals surface area contributed by atoms with Crippen LogP contribution in [0.4, 0.5) is 0 Å². The maximum atomic E-state index is 12.2. The van der Waals surface area contributed by atoms with Crippen LogP contribution < -0.4 is 20.3 Å². The molecule has 0 fully saturated rings. The Hall–Kier alpha value is -2.00. The van der Waals surface area contributed by atoms with Gasteiger partial charge in [-0.1, -0.05) is 6.07 Å². The van der Waals surface area contributed by atoms with Gasteiger partial charge in [0.25, 0.3) is 0 Å². The van der Waals surface area contributed by atoms with Crippen molar-refractivity contribution in [3.8, 4) is 17.3 Å². The Labute approximate surface area is 169 Å². The minimum absolute atomic E-state index is 0. The summed E-state index contributed by atoms with van der Waals surface area (Å²) < 4.78 is 13.8. The van der Waals surface area contributed by atoms with E-state index in [-0.39, 0.29) is 51.1 Å². The summed E-state index contributed by atoms with van der Waals surface area (Å²) >= 11 is 0. The van der Waals surface area contributed by atoms with Gasteiger partial charge in [0.1, 0.15) is 12.4 Å². The maximum absolute atomic E-state index is 12.2. The SMILES string of the molecule is CC(C)Oc1cccc(-n2nnn(C)c2=O)c1COc1cc[n-]n1.[Y]. The molecule has 9 nitrogen and oxygen atoms in total. The predicted molar refractivity (Wildman–Crippen MR) is 84.3 cm³/mol. The van der Waals surface area contributed by atoms with Gasteiger partial charge >= 0.3 is 5.69 Å². The van der Waals surface area contributed by atoms with Crippen molar-refractivity contribution in [3.63, 3.8) is 0 Å². The van der Waals surface area contributed by atoms with Gasteiger partial charge in [-0.25, -0.2) is 4.79 Å². The Kier molecular flexibility index (Phi) is 6.49. The van der Waals surface area contributed by atoms with E-state index >= 15 is 0 Å². The van der Waals surface area contributed by atoms with E-state index in [2.05, 4.69) is 20.6 Å². The topological polar surface area (TPSA) is 98.2 Å². The first-order valence-electron chi connectivity index (χ1n) is 7.41. The molecule has 0 atom stereocenters. The monoisotopic (exact) mass is 418 g/mol. The molecule has 0 saturated heterocycles. The first kappa shape index (κ1) is 19.3. The van der Waals surface area contributed by atoms with Crippen LogP contribution >= 0.6 is 0 Å². The van der Waals surface area contributed by atoms with Crippen molar-refractivity contribution in [2.24, 2.45) is 7.05 Å². The van der Waals surface area contributed by atoms with E-state index in [1.54, 1.807) is 24.4 Å². The molecule has 0 spiro atoms. The number of aryl methyl sites for hydroxylation is 1. The summed E-state index contributed by atoms with van der Waals surface area (Å²) in [6.07, 6.45) is 1.51. The van der Waals surface area contributed by atoms with Gasteiger partial charge < -0.3 is 19.7 Å². The van der Waals surface area contributed by atoms with Gasteiger partial charge in [0.15, 0.2) is 5.88 Å². The molecule has 0 unspecified atom stereocenters. The largest absolute Gasteiger partial charge is 0.579 e. The van der Waals surface area contributed by atoms with Crippen LogP contribution in [0.2, 0.25) is 0 Å². The summed E-state index contributed by atoms with van der Waals surface area (Å²) in [6, 6.07) is 7.03. The summed E-state index contributed by atoms with van der Waals surface area (Å²) in [5.74, 6) is 1.01. The number of nitrogens with zero attached hydrogens (tertiary/aromatic N) is 6. The Morgan fingerprint density at radius 3 is 2.64 bits per heavy atom. The normalized spacial score (nSPS) is 10.6. The Morgan fingerprint density at radius 1 is 1.24 bits per heavy atom. The average molecular weight is 418 g/mol. The Balaban J connectivity index is 0.00000225. The Bertz CT molecular complexity index is 872. The van der Waals surface area contributed by atoms with Gasteiger partial charge in [-0.2, -0.15) is 15.6 Å². The fourth-order valence-electron chi connectivity index (χ4n) is 2.17. The number of aromatic nitrogens is 6. The van der Waals surface area contributed by atoms with Crippen molar-refractivity contribution in [2.75, 3.05) is 0 Å². The van der Waals surface area contributed by atoms with E-state index in [1.807, 2.05) is 19.9 Å². The standard InChI is InChI=1S/C15H17N6O3.Y/c1-10(2)24-13-6-4-5-12(21-15(22)20(3)18-19-21)11(13)9-23-14-7-8-16-17-14;/h4-8,10H,9H2,1-3H3;/q-1;. The third-order valence-corrected chi connectivity index (χ3v) is 3.23. The van der Waals surface area contributed by atoms with Crippen LogP contribution in [-0.2, 0) is 46.4 Å². The number of hydrogen-bond donors (Lipinski definition) is 0. The molecule has 10 heteroatoms. The first-order chi connectivity index (χ1) is 11.6. The summed E-state index contributed by atoms with van der Waals surface area (Å²) in [7, 11) is 1.54. The zero-order chi connectivity index (χ0) is 17.1. The molecule has 2 heterocycles. The predicted octanol–water partition coefficient (Wildman–Crippen LogP) is 0.682. The van der Waals surface area contributed by atoms with E-state index in [0.717, 1.165) is 4.68 Å². The zero-order valence-corrected chi connectivity index (χ0v) is 17.0. The molecule has 0 saturated carbocycles. The molecule has 0 N–H and O–H groups in total. The molecule has 25 heavy (non-hydrogen) atoms. The summed E-state index contributed by atoms with van der Waals surface area (Å²) in [5.41, 5.74) is 0.869. The van der Waals surface area contributed by atoms with E-state index < -0.39 is 0 Å². The summed E-state index contributed by atoms with van der Waals surface area (Å²) in [6.45, 7) is 4.00. The van der Waals surface area contributed by atoms with Gasteiger partial charge in [0.05, 0.1) is 17.4 Å². The molecule has 0 aliphatic rings. The smallest absolute Gasteiger partial charge is 0.368 e. The average Bonchev–Trinajstić information content (AvgIpc) is 3.17. The van der Waals surface area contributed by atoms with Crippen molar-refractivity contribution in [2.45, 2.75) is 26.6 Å². The summed E-state index contributed by atoms with van der Waals surface area (Å²) in [5, 5.41) is 15.2. The second-order valence-corrected chi connectivity index (χ2v) is 5.38. The van der Waals surface area contributed by atoms with E-state index in [1.165, 1.54) is 11.7 Å². The van der Waals surface area contributed by atoms with Crippen LogP contribution in [0.3, 0.4) is 0 Å². The molecule has 1 radical (unpaired) electrons. The minimum Gasteiger partial charge on any atom is -0.579 e. The Morgan fingerprint density at radius 2 is 2.04 bits per heavy atom. The number of tetrazole rings is 1. The van der Waals surface area contributed by atoms with Crippen molar-refractivity contribution in [3.05, 3.63) is 46.5 Å². The third-order valence-electron chi connectivity index (χ3n) is 3.23. The van der Waals surface area contributed by atoms with Crippen LogP contribution in [0.5, 0.6) is 11.6 Å². The van der Waals surface area contributed by atoms with Gasteiger partial charge in [0.2, 0.25) is 0 Å². The van der Waals surface area contributed by atoms with Crippen molar-refractivity contribution < 1.29 is 42.2 Å². The molecular weight excluding hydrogens is 401 g/mol. The van der Waals surface area contributed by atoms with Crippen molar-refractivity contribution in [1.29, 1.82) is 0 Å². The minimum atomic E-state index is -0.356. The molecule has 0 aliphatic heterocycles.